The van der Waals surface area contributed by atoms with Gasteiger partial charge in [-0.25, -0.2) is 0 Å². The Morgan fingerprint density at radius 3 is 2.69 bits per heavy atom. The number of aliphatic hydroxyl groups excluding tert-OH is 1. The Kier molecular flexibility index (Phi) is 3.22. The van der Waals surface area contributed by atoms with Crippen LogP contribution in [0, 0.1) is 0 Å². The molecule has 4 heteroatoms. The number of carbonyl (C=O) groups excluding carboxylic acids is 1. The minimum atomic E-state index is -0.619. The Morgan fingerprint density at radius 2 is 2.12 bits per heavy atom. The first-order valence-electron chi connectivity index (χ1n) is 5.46. The molecule has 1 aromatic rings. The molecule has 1 fully saturated rings. The van der Waals surface area contributed by atoms with Gasteiger partial charge in [-0.15, -0.1) is 0 Å². The van der Waals surface area contributed by atoms with Gasteiger partial charge in [0.15, 0.2) is 0 Å². The van der Waals surface area contributed by atoms with Crippen LogP contribution in [0.3, 0.4) is 0 Å². The van der Waals surface area contributed by atoms with Crippen LogP contribution in [0.5, 0.6) is 0 Å². The topological polar surface area (TPSA) is 66.6 Å². The minimum absolute atomic E-state index is 0.109. The van der Waals surface area contributed by atoms with Gasteiger partial charge >= 0.3 is 0 Å². The van der Waals surface area contributed by atoms with Crippen LogP contribution in [0.15, 0.2) is 30.3 Å². The average Bonchev–Trinajstić information content (AvgIpc) is 2.75. The fourth-order valence-corrected chi connectivity index (χ4v) is 1.94. The van der Waals surface area contributed by atoms with E-state index in [9.17, 15) is 9.90 Å². The molecule has 1 amide bonds. The summed E-state index contributed by atoms with van der Waals surface area (Å²) in [6, 6.07) is 8.68. The second kappa shape index (κ2) is 4.63. The summed E-state index contributed by atoms with van der Waals surface area (Å²) >= 11 is 0. The lowest BCUT2D eigenvalue weighted by atomic mass is 10.1. The predicted octanol–water partition coefficient (Wildman–Crippen LogP) is 0.280. The number of β-amino-alcohol motifs (C(OH)–C–C–N with tert-alkyl or cyclic N) is 1. The molecule has 0 aliphatic carbocycles. The molecular formula is C12H16N2O2. The van der Waals surface area contributed by atoms with E-state index in [1.165, 1.54) is 0 Å². The molecule has 0 aromatic heterocycles. The van der Waals surface area contributed by atoms with Gasteiger partial charge in [-0.2, -0.15) is 0 Å². The van der Waals surface area contributed by atoms with Crippen LogP contribution in [0.2, 0.25) is 0 Å². The summed E-state index contributed by atoms with van der Waals surface area (Å²) in [6.45, 7) is 1.000. The summed E-state index contributed by atoms with van der Waals surface area (Å²) in [5, 5.41) is 9.37. The van der Waals surface area contributed by atoms with Gasteiger partial charge in [0.05, 0.1) is 6.10 Å². The molecule has 1 unspecified atom stereocenters. The van der Waals surface area contributed by atoms with Crippen molar-refractivity contribution in [2.75, 3.05) is 13.1 Å². The Balaban J connectivity index is 2.05. The third kappa shape index (κ3) is 2.23. The summed E-state index contributed by atoms with van der Waals surface area (Å²) in [5.41, 5.74) is 6.70. The number of amides is 1. The van der Waals surface area contributed by atoms with E-state index in [0.29, 0.717) is 19.5 Å². The van der Waals surface area contributed by atoms with Crippen molar-refractivity contribution in [3.63, 3.8) is 0 Å². The van der Waals surface area contributed by atoms with Crippen LogP contribution in [0.25, 0.3) is 0 Å². The van der Waals surface area contributed by atoms with E-state index in [1.54, 1.807) is 4.90 Å². The summed E-state index contributed by atoms with van der Waals surface area (Å²) < 4.78 is 0. The Labute approximate surface area is 94.7 Å². The molecule has 1 heterocycles. The van der Waals surface area contributed by atoms with Crippen LogP contribution < -0.4 is 5.73 Å². The van der Waals surface area contributed by atoms with Gasteiger partial charge in [0, 0.05) is 13.1 Å². The Bertz CT molecular complexity index is 367. The fourth-order valence-electron chi connectivity index (χ4n) is 1.94. The van der Waals surface area contributed by atoms with Crippen LogP contribution in [0.4, 0.5) is 0 Å². The van der Waals surface area contributed by atoms with Crippen LogP contribution in [0.1, 0.15) is 18.0 Å². The third-order valence-corrected chi connectivity index (χ3v) is 2.90. The number of aliphatic hydroxyl groups is 1. The Hall–Kier alpha value is -1.39. The van der Waals surface area contributed by atoms with Gasteiger partial charge in [0.2, 0.25) is 5.91 Å². The molecule has 0 saturated carbocycles. The summed E-state index contributed by atoms with van der Waals surface area (Å²) in [5.74, 6) is -0.109. The van der Waals surface area contributed by atoms with Gasteiger partial charge in [-0.1, -0.05) is 30.3 Å². The molecule has 4 nitrogen and oxygen atoms in total. The van der Waals surface area contributed by atoms with Crippen molar-refractivity contribution in [1.82, 2.24) is 4.90 Å². The van der Waals surface area contributed by atoms with E-state index in [-0.39, 0.29) is 5.91 Å². The van der Waals surface area contributed by atoms with E-state index in [4.69, 9.17) is 5.73 Å². The standard InChI is InChI=1S/C12H16N2O2/c13-11(9-4-2-1-3-5-9)12(16)14-7-6-10(15)8-14/h1-5,10-11,15H,6-8,13H2/t10?,11-/m0/s1. The molecule has 0 radical (unpaired) electrons. The zero-order chi connectivity index (χ0) is 11.5. The lowest BCUT2D eigenvalue weighted by Crippen LogP contribution is -2.37. The molecule has 2 atom stereocenters. The molecule has 0 bridgehead atoms. The molecule has 1 saturated heterocycles. The highest BCUT2D eigenvalue weighted by atomic mass is 16.3. The molecular weight excluding hydrogens is 204 g/mol. The second-order valence-corrected chi connectivity index (χ2v) is 4.12. The first kappa shape index (κ1) is 11.1. The number of nitrogens with zero attached hydrogens (tertiary/aromatic N) is 1. The SMILES string of the molecule is N[C@H](C(=O)N1CCC(O)C1)c1ccccc1. The van der Waals surface area contributed by atoms with E-state index in [0.717, 1.165) is 5.56 Å². The molecule has 1 aromatic carbocycles. The quantitative estimate of drug-likeness (QED) is 0.752. The van der Waals surface area contributed by atoms with Gasteiger partial charge in [0.1, 0.15) is 6.04 Å². The number of carbonyl (C=O) groups is 1. The van der Waals surface area contributed by atoms with Crippen LogP contribution in [-0.4, -0.2) is 35.1 Å². The average molecular weight is 220 g/mol. The molecule has 2 rings (SSSR count). The number of benzene rings is 1. The Morgan fingerprint density at radius 1 is 1.44 bits per heavy atom. The smallest absolute Gasteiger partial charge is 0.244 e. The zero-order valence-electron chi connectivity index (χ0n) is 9.04. The number of rotatable bonds is 2. The van der Waals surface area contributed by atoms with E-state index in [2.05, 4.69) is 0 Å². The van der Waals surface area contributed by atoms with Crippen molar-refractivity contribution >= 4 is 5.91 Å². The van der Waals surface area contributed by atoms with Crippen molar-refractivity contribution < 1.29 is 9.90 Å². The highest BCUT2D eigenvalue weighted by Crippen LogP contribution is 2.17. The maximum absolute atomic E-state index is 12.0. The summed E-state index contributed by atoms with van der Waals surface area (Å²) in [6.07, 6.45) is 0.250. The lowest BCUT2D eigenvalue weighted by molar-refractivity contribution is -0.132. The van der Waals surface area contributed by atoms with Crippen molar-refractivity contribution in [2.45, 2.75) is 18.6 Å². The lowest BCUT2D eigenvalue weighted by Gasteiger charge is -2.20. The fraction of sp³-hybridized carbons (Fsp3) is 0.417. The minimum Gasteiger partial charge on any atom is -0.391 e. The van der Waals surface area contributed by atoms with Crippen molar-refractivity contribution in [3.05, 3.63) is 35.9 Å². The number of hydrogen-bond donors (Lipinski definition) is 2. The third-order valence-electron chi connectivity index (χ3n) is 2.90. The molecule has 16 heavy (non-hydrogen) atoms. The highest BCUT2D eigenvalue weighted by Gasteiger charge is 2.28. The van der Waals surface area contributed by atoms with Crippen molar-refractivity contribution in [1.29, 1.82) is 0 Å². The first-order valence-corrected chi connectivity index (χ1v) is 5.46. The summed E-state index contributed by atoms with van der Waals surface area (Å²) in [4.78, 5) is 13.6. The zero-order valence-corrected chi connectivity index (χ0v) is 9.04. The van der Waals surface area contributed by atoms with Crippen LogP contribution in [-0.2, 0) is 4.79 Å². The predicted molar refractivity (Wildman–Crippen MR) is 60.6 cm³/mol. The molecule has 1 aliphatic rings. The largest absolute Gasteiger partial charge is 0.391 e. The van der Waals surface area contributed by atoms with Crippen molar-refractivity contribution in [2.24, 2.45) is 5.73 Å². The van der Waals surface area contributed by atoms with Crippen molar-refractivity contribution in [3.8, 4) is 0 Å². The highest BCUT2D eigenvalue weighted by molar-refractivity contribution is 5.83. The monoisotopic (exact) mass is 220 g/mol. The number of nitrogens with two attached hydrogens (primary N) is 1. The number of likely N-dealkylation sites (tertiary alicyclic amines) is 1. The molecule has 86 valence electrons. The molecule has 3 N–H and O–H groups in total. The molecule has 1 aliphatic heterocycles. The van der Waals surface area contributed by atoms with Gasteiger partial charge in [0.25, 0.3) is 0 Å². The normalized spacial score (nSPS) is 22.1. The van der Waals surface area contributed by atoms with E-state index < -0.39 is 12.1 Å². The van der Waals surface area contributed by atoms with Gasteiger partial charge in [-0.05, 0) is 12.0 Å². The first-order chi connectivity index (χ1) is 7.68. The maximum atomic E-state index is 12.0. The van der Waals surface area contributed by atoms with E-state index >= 15 is 0 Å². The number of hydrogen-bond acceptors (Lipinski definition) is 3. The van der Waals surface area contributed by atoms with Crippen LogP contribution >= 0.6 is 0 Å². The maximum Gasteiger partial charge on any atom is 0.244 e. The van der Waals surface area contributed by atoms with Gasteiger partial charge < -0.3 is 15.7 Å². The molecule has 0 spiro atoms. The van der Waals surface area contributed by atoms with Gasteiger partial charge in [-0.3, -0.25) is 4.79 Å². The summed E-state index contributed by atoms with van der Waals surface area (Å²) in [7, 11) is 0. The van der Waals surface area contributed by atoms with E-state index in [1.807, 2.05) is 30.3 Å². The second-order valence-electron chi connectivity index (χ2n) is 4.12.